The summed E-state index contributed by atoms with van der Waals surface area (Å²) >= 11 is 1.53. The van der Waals surface area contributed by atoms with Gasteiger partial charge in [0.1, 0.15) is 41.1 Å². The maximum atomic E-state index is 5.94. The van der Waals surface area contributed by atoms with Gasteiger partial charge in [0, 0.05) is 30.1 Å². The number of nitrogens with zero attached hydrogens (tertiary/aromatic N) is 5. The molecule has 0 radical (unpaired) electrons. The molecule has 3 N–H and O–H groups in total. The van der Waals surface area contributed by atoms with Crippen molar-refractivity contribution in [2.45, 2.75) is 6.61 Å². The molecular weight excluding hydrogens is 386 g/mol. The molecule has 0 saturated heterocycles. The van der Waals surface area contributed by atoms with Gasteiger partial charge in [0.25, 0.3) is 0 Å². The van der Waals surface area contributed by atoms with Crippen LogP contribution in [0.1, 0.15) is 5.01 Å². The first-order valence-corrected chi connectivity index (χ1v) is 9.83. The molecule has 0 aliphatic rings. The number of pyridine rings is 1. The van der Waals surface area contributed by atoms with E-state index < -0.39 is 0 Å². The van der Waals surface area contributed by atoms with E-state index in [2.05, 4.69) is 25.3 Å². The second-order valence-corrected chi connectivity index (χ2v) is 7.31. The zero-order valence-electron chi connectivity index (χ0n) is 15.5. The first-order valence-electron chi connectivity index (χ1n) is 8.95. The van der Waals surface area contributed by atoms with Gasteiger partial charge in [-0.15, -0.1) is 11.3 Å². The minimum atomic E-state index is 0.373. The minimum absolute atomic E-state index is 0.373. The quantitative estimate of drug-likeness (QED) is 0.462. The summed E-state index contributed by atoms with van der Waals surface area (Å²) in [7, 11) is 1.85. The number of nitrogens with one attached hydrogen (secondary N) is 1. The number of hydrogen-bond acceptors (Lipinski definition) is 8. The summed E-state index contributed by atoms with van der Waals surface area (Å²) in [5, 5.41) is 7.75. The smallest absolute Gasteiger partial charge is 0.151 e. The maximum absolute atomic E-state index is 5.94. The van der Waals surface area contributed by atoms with E-state index in [9.17, 15) is 0 Å². The van der Waals surface area contributed by atoms with Crippen molar-refractivity contribution in [2.24, 2.45) is 0 Å². The molecule has 0 aliphatic carbocycles. The van der Waals surface area contributed by atoms with Crippen LogP contribution in [0.2, 0.25) is 0 Å². The Labute approximate surface area is 170 Å². The van der Waals surface area contributed by atoms with Gasteiger partial charge in [-0.05, 0) is 30.3 Å². The third-order valence-corrected chi connectivity index (χ3v) is 5.39. The highest BCUT2D eigenvalue weighted by atomic mass is 32.1. The molecule has 144 valence electrons. The molecule has 0 fully saturated rings. The molecular formula is C20H17N7OS. The fourth-order valence-corrected chi connectivity index (χ4v) is 3.79. The molecule has 5 aromatic rings. The molecule has 0 atom stereocenters. The third-order valence-electron chi connectivity index (χ3n) is 4.58. The maximum Gasteiger partial charge on any atom is 0.151 e. The van der Waals surface area contributed by atoms with Gasteiger partial charge >= 0.3 is 0 Å². The standard InChI is InChI=1S/C20H17N7OS/c1-22-16-5-3-12-2-4-13(8-15(12)25-16)28-9-18-26-17(10-29-18)27-7-6-14-19(21)23-11-24-20(14)27/h2-8,10-11H,9H2,1H3,(H,22,25)(H2,21,23,24). The van der Waals surface area contributed by atoms with Gasteiger partial charge in [-0.2, -0.15) is 0 Å². The molecule has 0 saturated carbocycles. The van der Waals surface area contributed by atoms with E-state index in [1.54, 1.807) is 0 Å². The van der Waals surface area contributed by atoms with E-state index in [4.69, 9.17) is 10.5 Å². The fraction of sp³-hybridized carbons (Fsp3) is 0.100. The Morgan fingerprint density at radius 1 is 1.14 bits per heavy atom. The number of nitrogen functional groups attached to an aromatic ring is 1. The average Bonchev–Trinajstić information content (AvgIpc) is 3.39. The molecule has 0 unspecified atom stereocenters. The van der Waals surface area contributed by atoms with Gasteiger partial charge in [-0.3, -0.25) is 4.57 Å². The van der Waals surface area contributed by atoms with Gasteiger partial charge in [0.15, 0.2) is 5.65 Å². The second-order valence-electron chi connectivity index (χ2n) is 6.37. The van der Waals surface area contributed by atoms with Gasteiger partial charge in [-0.1, -0.05) is 0 Å². The van der Waals surface area contributed by atoms with E-state index in [1.165, 1.54) is 17.7 Å². The van der Waals surface area contributed by atoms with Gasteiger partial charge in [0.2, 0.25) is 0 Å². The highest BCUT2D eigenvalue weighted by molar-refractivity contribution is 7.09. The van der Waals surface area contributed by atoms with Crippen LogP contribution in [0.3, 0.4) is 0 Å². The molecule has 1 aromatic carbocycles. The summed E-state index contributed by atoms with van der Waals surface area (Å²) in [5.74, 6) is 2.81. The second kappa shape index (κ2) is 7.02. The zero-order chi connectivity index (χ0) is 19.8. The van der Waals surface area contributed by atoms with Crippen LogP contribution in [0.5, 0.6) is 5.75 Å². The third kappa shape index (κ3) is 3.21. The highest BCUT2D eigenvalue weighted by Gasteiger charge is 2.11. The van der Waals surface area contributed by atoms with Crippen molar-refractivity contribution < 1.29 is 4.74 Å². The number of ether oxygens (including phenoxy) is 1. The molecule has 9 heteroatoms. The Morgan fingerprint density at radius 2 is 2.03 bits per heavy atom. The van der Waals surface area contributed by atoms with Crippen molar-refractivity contribution in [1.82, 2.24) is 24.5 Å². The Balaban J connectivity index is 1.36. The SMILES string of the molecule is CNc1ccc2ccc(OCc3nc(-n4ccc5c(N)ncnc54)cs3)cc2n1. The van der Waals surface area contributed by atoms with Crippen molar-refractivity contribution in [1.29, 1.82) is 0 Å². The monoisotopic (exact) mass is 403 g/mol. The Kier molecular flexibility index (Phi) is 4.21. The molecule has 0 aliphatic heterocycles. The van der Waals surface area contributed by atoms with Crippen LogP contribution in [-0.4, -0.2) is 31.6 Å². The van der Waals surface area contributed by atoms with Crippen LogP contribution in [0, 0.1) is 0 Å². The van der Waals surface area contributed by atoms with Crippen molar-refractivity contribution in [2.75, 3.05) is 18.1 Å². The number of anilines is 2. The van der Waals surface area contributed by atoms with Crippen LogP contribution in [0.15, 0.2) is 54.3 Å². The molecule has 5 rings (SSSR count). The lowest BCUT2D eigenvalue weighted by atomic mass is 10.2. The number of thiazole rings is 1. The van der Waals surface area contributed by atoms with Crippen molar-refractivity contribution in [3.63, 3.8) is 0 Å². The predicted molar refractivity (Wildman–Crippen MR) is 115 cm³/mol. The van der Waals surface area contributed by atoms with Gasteiger partial charge in [-0.25, -0.2) is 19.9 Å². The number of fused-ring (bicyclic) bond motifs is 2. The predicted octanol–water partition coefficient (Wildman–Crippen LogP) is 3.63. The summed E-state index contributed by atoms with van der Waals surface area (Å²) in [6, 6.07) is 11.7. The van der Waals surface area contributed by atoms with E-state index >= 15 is 0 Å². The molecule has 4 aromatic heterocycles. The van der Waals surface area contributed by atoms with Gasteiger partial charge in [0.05, 0.1) is 10.9 Å². The lowest BCUT2D eigenvalue weighted by Gasteiger charge is -2.06. The highest BCUT2D eigenvalue weighted by Crippen LogP contribution is 2.25. The van der Waals surface area contributed by atoms with Crippen LogP contribution in [0.25, 0.3) is 27.8 Å². The minimum Gasteiger partial charge on any atom is -0.486 e. The summed E-state index contributed by atoms with van der Waals surface area (Å²) in [6.45, 7) is 0.373. The number of rotatable bonds is 5. The van der Waals surface area contributed by atoms with Crippen molar-refractivity contribution in [3.05, 3.63) is 59.3 Å². The van der Waals surface area contributed by atoms with Crippen molar-refractivity contribution in [3.8, 4) is 11.6 Å². The first kappa shape index (κ1) is 17.4. The average molecular weight is 403 g/mol. The van der Waals surface area contributed by atoms with Crippen LogP contribution in [-0.2, 0) is 6.61 Å². The first-order chi connectivity index (χ1) is 14.2. The molecule has 8 nitrogen and oxygen atoms in total. The Bertz CT molecular complexity index is 1330. The lowest BCUT2D eigenvalue weighted by Crippen LogP contribution is -1.99. The molecule has 0 amide bonds. The topological polar surface area (TPSA) is 104 Å². The van der Waals surface area contributed by atoms with E-state index in [0.29, 0.717) is 12.4 Å². The van der Waals surface area contributed by atoms with Gasteiger partial charge < -0.3 is 15.8 Å². The van der Waals surface area contributed by atoms with Crippen molar-refractivity contribution >= 4 is 44.9 Å². The summed E-state index contributed by atoms with van der Waals surface area (Å²) in [5.41, 5.74) is 7.52. The fourth-order valence-electron chi connectivity index (χ4n) is 3.11. The molecule has 4 heterocycles. The number of nitrogens with two attached hydrogens (primary N) is 1. The van der Waals surface area contributed by atoms with Crippen LogP contribution >= 0.6 is 11.3 Å². The van der Waals surface area contributed by atoms with E-state index in [0.717, 1.165) is 44.3 Å². The van der Waals surface area contributed by atoms with E-state index in [1.807, 2.05) is 59.6 Å². The summed E-state index contributed by atoms with van der Waals surface area (Å²) in [6.07, 6.45) is 3.35. The normalized spacial score (nSPS) is 11.2. The molecule has 0 spiro atoms. The largest absolute Gasteiger partial charge is 0.486 e. The number of hydrogen-bond donors (Lipinski definition) is 2. The zero-order valence-corrected chi connectivity index (χ0v) is 16.3. The molecule has 29 heavy (non-hydrogen) atoms. The molecule has 0 bridgehead atoms. The van der Waals surface area contributed by atoms with E-state index in [-0.39, 0.29) is 0 Å². The lowest BCUT2D eigenvalue weighted by molar-refractivity contribution is 0.306. The number of aromatic nitrogens is 5. The number of benzene rings is 1. The summed E-state index contributed by atoms with van der Waals surface area (Å²) in [4.78, 5) is 17.6. The summed E-state index contributed by atoms with van der Waals surface area (Å²) < 4.78 is 7.84. The van der Waals surface area contributed by atoms with Crippen LogP contribution < -0.4 is 15.8 Å². The van der Waals surface area contributed by atoms with Crippen LogP contribution in [0.4, 0.5) is 11.6 Å². The Morgan fingerprint density at radius 3 is 2.93 bits per heavy atom. The Hall–Kier alpha value is -3.72.